The molecule has 1 saturated carbocycles. The van der Waals surface area contributed by atoms with E-state index in [1.165, 1.54) is 18.4 Å². The first-order chi connectivity index (χ1) is 11.3. The molecule has 0 unspecified atom stereocenters. The Balaban J connectivity index is 1.51. The Kier molecular flexibility index (Phi) is 5.51. The molecular formula is C18H27N3O2. The Labute approximate surface area is 138 Å². The van der Waals surface area contributed by atoms with Crippen molar-refractivity contribution in [2.75, 3.05) is 39.8 Å². The molecule has 0 bridgehead atoms. The highest BCUT2D eigenvalue weighted by Gasteiger charge is 2.29. The first kappa shape index (κ1) is 16.3. The van der Waals surface area contributed by atoms with E-state index in [-0.39, 0.29) is 0 Å². The summed E-state index contributed by atoms with van der Waals surface area (Å²) in [4.78, 5) is 16.8. The fourth-order valence-corrected chi connectivity index (χ4v) is 3.11. The van der Waals surface area contributed by atoms with Crippen molar-refractivity contribution in [3.05, 3.63) is 29.8 Å². The van der Waals surface area contributed by atoms with Gasteiger partial charge in [-0.05, 0) is 30.5 Å². The van der Waals surface area contributed by atoms with Crippen LogP contribution in [-0.4, -0.2) is 61.6 Å². The average molecular weight is 317 g/mol. The van der Waals surface area contributed by atoms with Crippen LogP contribution in [0.5, 0.6) is 5.75 Å². The van der Waals surface area contributed by atoms with Gasteiger partial charge in [0.25, 0.3) is 0 Å². The fraction of sp³-hybridized carbons (Fsp3) is 0.611. The van der Waals surface area contributed by atoms with E-state index < -0.39 is 0 Å². The highest BCUT2D eigenvalue weighted by atomic mass is 16.5. The second-order valence-electron chi connectivity index (χ2n) is 6.43. The minimum absolute atomic E-state index is 0.298. The summed E-state index contributed by atoms with van der Waals surface area (Å²) in [7, 11) is 1.69. The van der Waals surface area contributed by atoms with Crippen molar-refractivity contribution in [1.82, 2.24) is 15.1 Å². The molecule has 1 aromatic carbocycles. The van der Waals surface area contributed by atoms with E-state index in [0.29, 0.717) is 18.4 Å². The SMILES string of the molecule is COc1ccc(CN(CCC(=O)N2CCNCC2)C2CC2)cc1. The number of nitrogens with one attached hydrogen (secondary N) is 1. The summed E-state index contributed by atoms with van der Waals surface area (Å²) < 4.78 is 5.21. The Bertz CT molecular complexity index is 508. The second kappa shape index (κ2) is 7.79. The van der Waals surface area contributed by atoms with Crippen LogP contribution >= 0.6 is 0 Å². The Morgan fingerprint density at radius 2 is 1.96 bits per heavy atom. The molecule has 23 heavy (non-hydrogen) atoms. The third kappa shape index (κ3) is 4.69. The van der Waals surface area contributed by atoms with E-state index in [1.54, 1.807) is 7.11 Å². The number of nitrogens with zero attached hydrogens (tertiary/aromatic N) is 2. The van der Waals surface area contributed by atoms with Gasteiger partial charge in [-0.1, -0.05) is 12.1 Å². The normalized spacial score (nSPS) is 18.3. The Morgan fingerprint density at radius 3 is 2.57 bits per heavy atom. The molecule has 1 aliphatic heterocycles. The first-order valence-corrected chi connectivity index (χ1v) is 8.62. The zero-order valence-corrected chi connectivity index (χ0v) is 14.0. The van der Waals surface area contributed by atoms with Crippen LogP contribution in [0.4, 0.5) is 0 Å². The van der Waals surface area contributed by atoms with Crippen LogP contribution in [-0.2, 0) is 11.3 Å². The molecule has 2 fully saturated rings. The summed E-state index contributed by atoms with van der Waals surface area (Å²) in [6, 6.07) is 8.91. The summed E-state index contributed by atoms with van der Waals surface area (Å²) in [5, 5.41) is 3.29. The van der Waals surface area contributed by atoms with Crippen molar-refractivity contribution in [2.45, 2.75) is 31.8 Å². The van der Waals surface area contributed by atoms with Gasteiger partial charge in [-0.2, -0.15) is 0 Å². The number of hydrogen-bond donors (Lipinski definition) is 1. The number of amides is 1. The molecule has 0 atom stereocenters. The maximum atomic E-state index is 12.3. The molecule has 0 radical (unpaired) electrons. The van der Waals surface area contributed by atoms with Crippen molar-refractivity contribution >= 4 is 5.91 Å². The first-order valence-electron chi connectivity index (χ1n) is 8.62. The number of ether oxygens (including phenoxy) is 1. The predicted octanol–water partition coefficient (Wildman–Crippen LogP) is 1.48. The molecule has 5 nitrogen and oxygen atoms in total. The van der Waals surface area contributed by atoms with Gasteiger partial charge in [0.15, 0.2) is 0 Å². The molecule has 1 aromatic rings. The van der Waals surface area contributed by atoms with Gasteiger partial charge in [0.05, 0.1) is 7.11 Å². The third-order valence-electron chi connectivity index (χ3n) is 4.69. The standard InChI is InChI=1S/C18H27N3O2/c1-23-17-6-2-15(3-7-17)14-21(16-4-5-16)11-8-18(22)20-12-9-19-10-13-20/h2-3,6-7,16,19H,4-5,8-14H2,1H3. The van der Waals surface area contributed by atoms with Gasteiger partial charge in [0.2, 0.25) is 5.91 Å². The van der Waals surface area contributed by atoms with Gasteiger partial charge in [0.1, 0.15) is 5.75 Å². The number of hydrogen-bond acceptors (Lipinski definition) is 4. The quantitative estimate of drug-likeness (QED) is 0.827. The minimum Gasteiger partial charge on any atom is -0.497 e. The van der Waals surface area contributed by atoms with Crippen LogP contribution in [0.25, 0.3) is 0 Å². The third-order valence-corrected chi connectivity index (χ3v) is 4.69. The summed E-state index contributed by atoms with van der Waals surface area (Å²) in [5.74, 6) is 1.19. The largest absolute Gasteiger partial charge is 0.497 e. The van der Waals surface area contributed by atoms with Crippen LogP contribution in [0.2, 0.25) is 0 Å². The molecule has 2 aliphatic rings. The zero-order valence-electron chi connectivity index (χ0n) is 14.0. The lowest BCUT2D eigenvalue weighted by Crippen LogP contribution is -2.47. The molecule has 1 aliphatic carbocycles. The number of benzene rings is 1. The van der Waals surface area contributed by atoms with Crippen molar-refractivity contribution in [2.24, 2.45) is 0 Å². The van der Waals surface area contributed by atoms with Crippen LogP contribution < -0.4 is 10.1 Å². The molecule has 1 N–H and O–H groups in total. The van der Waals surface area contributed by atoms with Crippen LogP contribution in [0, 0.1) is 0 Å². The summed E-state index contributed by atoms with van der Waals surface area (Å²) >= 11 is 0. The molecule has 5 heteroatoms. The predicted molar refractivity (Wildman–Crippen MR) is 90.5 cm³/mol. The number of carbonyl (C=O) groups is 1. The van der Waals surface area contributed by atoms with Crippen molar-refractivity contribution in [3.8, 4) is 5.75 Å². The highest BCUT2D eigenvalue weighted by molar-refractivity contribution is 5.76. The van der Waals surface area contributed by atoms with E-state index in [0.717, 1.165) is 45.0 Å². The van der Waals surface area contributed by atoms with Crippen LogP contribution in [0.15, 0.2) is 24.3 Å². The van der Waals surface area contributed by atoms with Gasteiger partial charge < -0.3 is 15.0 Å². The Morgan fingerprint density at radius 1 is 1.26 bits per heavy atom. The second-order valence-corrected chi connectivity index (χ2v) is 6.43. The summed E-state index contributed by atoms with van der Waals surface area (Å²) in [5.41, 5.74) is 1.28. The fourth-order valence-electron chi connectivity index (χ4n) is 3.11. The van der Waals surface area contributed by atoms with Crippen molar-refractivity contribution < 1.29 is 9.53 Å². The summed E-state index contributed by atoms with van der Waals surface area (Å²) in [6.45, 7) is 5.32. The van der Waals surface area contributed by atoms with Crippen LogP contribution in [0.3, 0.4) is 0 Å². The Hall–Kier alpha value is -1.59. The monoisotopic (exact) mass is 317 g/mol. The maximum Gasteiger partial charge on any atom is 0.223 e. The smallest absolute Gasteiger partial charge is 0.223 e. The van der Waals surface area contributed by atoms with E-state index in [9.17, 15) is 4.79 Å². The molecule has 126 valence electrons. The van der Waals surface area contributed by atoms with Crippen LogP contribution in [0.1, 0.15) is 24.8 Å². The molecule has 0 spiro atoms. The molecule has 1 amide bonds. The number of piperazine rings is 1. The van der Waals surface area contributed by atoms with E-state index in [2.05, 4.69) is 22.3 Å². The van der Waals surface area contributed by atoms with Gasteiger partial charge in [0, 0.05) is 51.7 Å². The van der Waals surface area contributed by atoms with Crippen molar-refractivity contribution in [1.29, 1.82) is 0 Å². The lowest BCUT2D eigenvalue weighted by molar-refractivity contribution is -0.132. The number of methoxy groups -OCH3 is 1. The molecular weight excluding hydrogens is 290 g/mol. The van der Waals surface area contributed by atoms with Gasteiger partial charge >= 0.3 is 0 Å². The van der Waals surface area contributed by atoms with Gasteiger partial charge in [-0.15, -0.1) is 0 Å². The topological polar surface area (TPSA) is 44.8 Å². The van der Waals surface area contributed by atoms with E-state index in [4.69, 9.17) is 4.74 Å². The molecule has 1 heterocycles. The lowest BCUT2D eigenvalue weighted by Gasteiger charge is -2.29. The van der Waals surface area contributed by atoms with E-state index in [1.807, 2.05) is 17.0 Å². The minimum atomic E-state index is 0.298. The summed E-state index contributed by atoms with van der Waals surface area (Å²) in [6.07, 6.45) is 3.16. The molecule has 0 aromatic heterocycles. The highest BCUT2D eigenvalue weighted by Crippen LogP contribution is 2.28. The molecule has 3 rings (SSSR count). The van der Waals surface area contributed by atoms with Gasteiger partial charge in [-0.25, -0.2) is 0 Å². The number of rotatable bonds is 7. The van der Waals surface area contributed by atoms with Crippen molar-refractivity contribution in [3.63, 3.8) is 0 Å². The lowest BCUT2D eigenvalue weighted by atomic mass is 10.2. The zero-order chi connectivity index (χ0) is 16.1. The number of carbonyl (C=O) groups excluding carboxylic acids is 1. The van der Waals surface area contributed by atoms with Gasteiger partial charge in [-0.3, -0.25) is 9.69 Å². The van der Waals surface area contributed by atoms with E-state index >= 15 is 0 Å². The average Bonchev–Trinajstić information content (AvgIpc) is 3.44. The maximum absolute atomic E-state index is 12.3. The molecule has 1 saturated heterocycles.